The van der Waals surface area contributed by atoms with E-state index in [1.807, 2.05) is 24.3 Å². The molecule has 2 aromatic rings. The van der Waals surface area contributed by atoms with Crippen LogP contribution in [-0.4, -0.2) is 38.6 Å². The Morgan fingerprint density at radius 3 is 2.88 bits per heavy atom. The first-order valence-corrected chi connectivity index (χ1v) is 9.74. The summed E-state index contributed by atoms with van der Waals surface area (Å²) >= 11 is 2.07. The van der Waals surface area contributed by atoms with Gasteiger partial charge in [-0.2, -0.15) is 16.9 Å². The van der Waals surface area contributed by atoms with Gasteiger partial charge in [-0.3, -0.25) is 9.89 Å². The molecule has 2 N–H and O–H groups in total. The van der Waals surface area contributed by atoms with E-state index in [0.717, 1.165) is 23.0 Å². The Labute approximate surface area is 147 Å². The van der Waals surface area contributed by atoms with Crippen LogP contribution in [0.4, 0.5) is 0 Å². The Morgan fingerprint density at radius 2 is 2.08 bits per heavy atom. The van der Waals surface area contributed by atoms with E-state index in [4.69, 9.17) is 0 Å². The number of nitrogens with one attached hydrogen (secondary N) is 2. The van der Waals surface area contributed by atoms with Crippen molar-refractivity contribution >= 4 is 17.7 Å². The molecule has 1 aromatic carbocycles. The van der Waals surface area contributed by atoms with Gasteiger partial charge in [-0.25, -0.2) is 4.98 Å². The van der Waals surface area contributed by atoms with Crippen LogP contribution in [0.3, 0.4) is 0 Å². The Hall–Kier alpha value is -1.82. The first kappa shape index (κ1) is 17.0. The van der Waals surface area contributed by atoms with Crippen molar-refractivity contribution < 1.29 is 4.79 Å². The fourth-order valence-electron chi connectivity index (χ4n) is 3.07. The van der Waals surface area contributed by atoms with Gasteiger partial charge in [-0.1, -0.05) is 37.5 Å². The summed E-state index contributed by atoms with van der Waals surface area (Å²) in [6, 6.07) is 7.47. The van der Waals surface area contributed by atoms with Crippen LogP contribution in [0.2, 0.25) is 0 Å². The average molecular weight is 344 g/mol. The van der Waals surface area contributed by atoms with Crippen LogP contribution in [0.15, 0.2) is 30.6 Å². The lowest BCUT2D eigenvalue weighted by Gasteiger charge is -2.20. The highest BCUT2D eigenvalue weighted by Gasteiger charge is 2.15. The zero-order chi connectivity index (χ0) is 16.6. The molecular weight excluding hydrogens is 320 g/mol. The van der Waals surface area contributed by atoms with Crippen molar-refractivity contribution in [3.05, 3.63) is 36.2 Å². The number of carbonyl (C=O) groups excluding carboxylic acids is 1. The highest BCUT2D eigenvalue weighted by molar-refractivity contribution is 7.99. The van der Waals surface area contributed by atoms with Crippen molar-refractivity contribution in [3.63, 3.8) is 0 Å². The lowest BCUT2D eigenvalue weighted by Crippen LogP contribution is -2.25. The molecule has 24 heavy (non-hydrogen) atoms. The molecule has 0 unspecified atom stereocenters. The van der Waals surface area contributed by atoms with Gasteiger partial charge in [0, 0.05) is 17.4 Å². The Bertz CT molecular complexity index is 638. The third kappa shape index (κ3) is 4.60. The number of H-pyrrole nitrogens is 1. The maximum atomic E-state index is 12.4. The number of thioether (sulfide) groups is 1. The van der Waals surface area contributed by atoms with Crippen LogP contribution in [0.1, 0.15) is 48.9 Å². The molecule has 0 spiro atoms. The minimum absolute atomic E-state index is 0.0512. The van der Waals surface area contributed by atoms with Crippen LogP contribution in [0, 0.1) is 0 Å². The smallest absolute Gasteiger partial charge is 0.252 e. The van der Waals surface area contributed by atoms with Crippen molar-refractivity contribution in [2.75, 3.05) is 12.3 Å². The predicted octanol–water partition coefficient (Wildman–Crippen LogP) is 3.66. The van der Waals surface area contributed by atoms with Gasteiger partial charge >= 0.3 is 0 Å². The van der Waals surface area contributed by atoms with Gasteiger partial charge in [0.05, 0.1) is 5.56 Å². The molecule has 5 nitrogen and oxygen atoms in total. The Kier molecular flexibility index (Phi) is 6.29. The second kappa shape index (κ2) is 8.87. The molecule has 1 saturated carbocycles. The summed E-state index contributed by atoms with van der Waals surface area (Å²) in [4.78, 5) is 16.6. The highest BCUT2D eigenvalue weighted by Crippen LogP contribution is 2.28. The third-order valence-electron chi connectivity index (χ3n) is 4.35. The van der Waals surface area contributed by atoms with Gasteiger partial charge in [0.2, 0.25) is 0 Å². The number of hydrogen-bond donors (Lipinski definition) is 2. The molecule has 1 fully saturated rings. The SMILES string of the molecule is O=C(NCCCSC1CCCCC1)c1ccccc1-c1ncn[nH]1. The minimum Gasteiger partial charge on any atom is -0.352 e. The van der Waals surface area contributed by atoms with Crippen LogP contribution < -0.4 is 5.32 Å². The summed E-state index contributed by atoms with van der Waals surface area (Å²) < 4.78 is 0. The number of aromatic amines is 1. The van der Waals surface area contributed by atoms with Gasteiger partial charge < -0.3 is 5.32 Å². The van der Waals surface area contributed by atoms with Gasteiger partial charge in [-0.05, 0) is 31.1 Å². The summed E-state index contributed by atoms with van der Waals surface area (Å²) in [6.07, 6.45) is 9.35. The van der Waals surface area contributed by atoms with E-state index in [2.05, 4.69) is 32.3 Å². The summed E-state index contributed by atoms with van der Waals surface area (Å²) in [5.41, 5.74) is 1.42. The number of aromatic nitrogens is 3. The van der Waals surface area contributed by atoms with Gasteiger partial charge in [0.15, 0.2) is 5.82 Å². The molecule has 1 aromatic heterocycles. The van der Waals surface area contributed by atoms with E-state index < -0.39 is 0 Å². The summed E-state index contributed by atoms with van der Waals surface area (Å²) in [7, 11) is 0. The van der Waals surface area contributed by atoms with Crippen LogP contribution in [-0.2, 0) is 0 Å². The molecule has 0 atom stereocenters. The normalized spacial score (nSPS) is 15.3. The van der Waals surface area contributed by atoms with Gasteiger partial charge in [0.1, 0.15) is 6.33 Å². The molecule has 0 radical (unpaired) electrons. The first-order valence-electron chi connectivity index (χ1n) is 8.69. The van der Waals surface area contributed by atoms with Crippen LogP contribution in [0.5, 0.6) is 0 Å². The molecule has 0 bridgehead atoms. The van der Waals surface area contributed by atoms with Crippen LogP contribution >= 0.6 is 11.8 Å². The average Bonchev–Trinajstić information content (AvgIpc) is 3.17. The second-order valence-corrected chi connectivity index (χ2v) is 7.53. The summed E-state index contributed by atoms with van der Waals surface area (Å²) in [5, 5.41) is 10.5. The first-order chi connectivity index (χ1) is 11.8. The zero-order valence-corrected chi connectivity index (χ0v) is 14.6. The van der Waals surface area contributed by atoms with Crippen molar-refractivity contribution in [1.29, 1.82) is 0 Å². The Morgan fingerprint density at radius 1 is 1.25 bits per heavy atom. The van der Waals surface area contributed by atoms with E-state index in [-0.39, 0.29) is 5.91 Å². The van der Waals surface area contributed by atoms with Crippen molar-refractivity contribution in [2.45, 2.75) is 43.8 Å². The van der Waals surface area contributed by atoms with Crippen LogP contribution in [0.25, 0.3) is 11.4 Å². The fourth-order valence-corrected chi connectivity index (χ4v) is 4.38. The molecule has 1 aliphatic carbocycles. The van der Waals surface area contributed by atoms with Crippen molar-refractivity contribution in [2.24, 2.45) is 0 Å². The molecule has 1 aliphatic rings. The number of benzene rings is 1. The van der Waals surface area contributed by atoms with E-state index in [1.165, 1.54) is 38.4 Å². The molecule has 128 valence electrons. The number of hydrogen-bond acceptors (Lipinski definition) is 4. The molecule has 1 amide bonds. The standard InChI is InChI=1S/C18H24N4OS/c23-18(19-11-6-12-24-14-7-2-1-3-8-14)16-10-5-4-9-15(16)17-20-13-21-22-17/h4-5,9-10,13-14H,1-3,6-8,11-12H2,(H,19,23)(H,20,21,22). The maximum absolute atomic E-state index is 12.4. The summed E-state index contributed by atoms with van der Waals surface area (Å²) in [6.45, 7) is 0.712. The van der Waals surface area contributed by atoms with E-state index in [0.29, 0.717) is 17.9 Å². The molecule has 3 rings (SSSR count). The second-order valence-electron chi connectivity index (χ2n) is 6.12. The number of rotatable bonds is 7. The molecule has 0 saturated heterocycles. The van der Waals surface area contributed by atoms with Gasteiger partial charge in [-0.15, -0.1) is 0 Å². The minimum atomic E-state index is -0.0512. The number of carbonyl (C=O) groups is 1. The number of nitrogens with zero attached hydrogens (tertiary/aromatic N) is 2. The third-order valence-corrected chi connectivity index (χ3v) is 5.82. The lowest BCUT2D eigenvalue weighted by atomic mass is 10.0. The monoisotopic (exact) mass is 344 g/mol. The zero-order valence-electron chi connectivity index (χ0n) is 13.8. The molecule has 0 aliphatic heterocycles. The topological polar surface area (TPSA) is 70.7 Å². The van der Waals surface area contributed by atoms with E-state index >= 15 is 0 Å². The van der Waals surface area contributed by atoms with E-state index in [1.54, 1.807) is 0 Å². The lowest BCUT2D eigenvalue weighted by molar-refractivity contribution is 0.0954. The molecule has 1 heterocycles. The predicted molar refractivity (Wildman–Crippen MR) is 98.1 cm³/mol. The number of amides is 1. The quantitative estimate of drug-likeness (QED) is 0.752. The molecular formula is C18H24N4OS. The highest BCUT2D eigenvalue weighted by atomic mass is 32.2. The van der Waals surface area contributed by atoms with Crippen molar-refractivity contribution in [3.8, 4) is 11.4 Å². The summed E-state index contributed by atoms with van der Waals surface area (Å²) in [5.74, 6) is 1.69. The van der Waals surface area contributed by atoms with Crippen molar-refractivity contribution in [1.82, 2.24) is 20.5 Å². The largest absolute Gasteiger partial charge is 0.352 e. The van der Waals surface area contributed by atoms with Gasteiger partial charge in [0.25, 0.3) is 5.91 Å². The maximum Gasteiger partial charge on any atom is 0.252 e. The van der Waals surface area contributed by atoms with E-state index in [9.17, 15) is 4.79 Å². The molecule has 6 heteroatoms. The Balaban J connectivity index is 1.45. The fraction of sp³-hybridized carbons (Fsp3) is 0.500.